The van der Waals surface area contributed by atoms with Crippen molar-refractivity contribution >= 4 is 46.8 Å². The Hall–Kier alpha value is -1.69. The molecule has 0 aliphatic heterocycles. The summed E-state index contributed by atoms with van der Waals surface area (Å²) in [5.41, 5.74) is 1.27. The Balaban J connectivity index is 1.98. The van der Waals surface area contributed by atoms with E-state index in [9.17, 15) is 9.59 Å². The van der Waals surface area contributed by atoms with Crippen molar-refractivity contribution < 1.29 is 14.3 Å². The molecule has 4 nitrogen and oxygen atoms in total. The van der Waals surface area contributed by atoms with Gasteiger partial charge in [0, 0.05) is 15.6 Å². The van der Waals surface area contributed by atoms with Crippen molar-refractivity contribution in [3.8, 4) is 0 Å². The summed E-state index contributed by atoms with van der Waals surface area (Å²) in [5.74, 6) is -0.0748. The molecule has 2 aromatic carbocycles. The van der Waals surface area contributed by atoms with Crippen molar-refractivity contribution in [1.29, 1.82) is 0 Å². The fourth-order valence-corrected chi connectivity index (χ4v) is 2.89. The number of hydrogen-bond acceptors (Lipinski definition) is 4. The second-order valence-electron chi connectivity index (χ2n) is 5.55. The monoisotopic (exact) mass is 411 g/mol. The van der Waals surface area contributed by atoms with Crippen molar-refractivity contribution in [1.82, 2.24) is 5.32 Å². The average Bonchev–Trinajstić information content (AvgIpc) is 2.64. The van der Waals surface area contributed by atoms with Crippen molar-refractivity contribution in [2.75, 3.05) is 12.0 Å². The average molecular weight is 412 g/mol. The van der Waals surface area contributed by atoms with Crippen LogP contribution in [0, 0.1) is 0 Å². The minimum absolute atomic E-state index is 0.128. The van der Waals surface area contributed by atoms with E-state index >= 15 is 0 Å². The normalized spacial score (nSPS) is 11.7. The van der Waals surface area contributed by atoms with Gasteiger partial charge in [-0.3, -0.25) is 4.79 Å². The highest BCUT2D eigenvalue weighted by molar-refractivity contribution is 7.98. The fraction of sp³-hybridized carbons (Fsp3) is 0.263. The first-order chi connectivity index (χ1) is 12.5. The third kappa shape index (κ3) is 6.56. The number of ether oxygens (including phenoxy) is 1. The summed E-state index contributed by atoms with van der Waals surface area (Å²) in [5, 5.41) is 3.90. The van der Waals surface area contributed by atoms with E-state index in [1.54, 1.807) is 60.3 Å². The largest absolute Gasteiger partial charge is 0.459 e. The molecule has 0 saturated heterocycles. The molecular formula is C19H19Cl2NO3S. The lowest BCUT2D eigenvalue weighted by atomic mass is 10.1. The topological polar surface area (TPSA) is 55.4 Å². The Bertz CT molecular complexity index is 735. The van der Waals surface area contributed by atoms with Crippen LogP contribution < -0.4 is 5.32 Å². The van der Waals surface area contributed by atoms with E-state index in [1.807, 2.05) is 6.26 Å². The number of carbonyl (C=O) groups is 2. The standard InChI is InChI=1S/C19H19Cl2NO3S/c1-26-11-10-17(22-18(23)14-4-8-16(21)9-5-14)19(24)25-12-13-2-6-15(20)7-3-13/h2-9,17H,10-12H2,1H3,(H,22,23)/t17-/m1/s1. The molecule has 138 valence electrons. The maximum atomic E-state index is 12.4. The lowest BCUT2D eigenvalue weighted by Crippen LogP contribution is -2.42. The first-order valence-corrected chi connectivity index (χ1v) is 10.1. The minimum Gasteiger partial charge on any atom is -0.459 e. The van der Waals surface area contributed by atoms with Gasteiger partial charge in [-0.05, 0) is 60.4 Å². The number of amides is 1. The van der Waals surface area contributed by atoms with Crippen LogP contribution in [0.5, 0.6) is 0 Å². The molecule has 0 spiro atoms. The summed E-state index contributed by atoms with van der Waals surface area (Å²) in [7, 11) is 0. The molecule has 2 aromatic rings. The zero-order valence-corrected chi connectivity index (χ0v) is 16.5. The van der Waals surface area contributed by atoms with Crippen molar-refractivity contribution in [2.45, 2.75) is 19.1 Å². The summed E-state index contributed by atoms with van der Waals surface area (Å²) in [6, 6.07) is 12.8. The summed E-state index contributed by atoms with van der Waals surface area (Å²) in [6.07, 6.45) is 2.43. The second-order valence-corrected chi connectivity index (χ2v) is 7.41. The lowest BCUT2D eigenvalue weighted by molar-refractivity contribution is -0.147. The molecule has 0 unspecified atom stereocenters. The molecular weight excluding hydrogens is 393 g/mol. The molecule has 1 N–H and O–H groups in total. The van der Waals surface area contributed by atoms with Crippen LogP contribution in [-0.4, -0.2) is 29.9 Å². The first kappa shape index (κ1) is 20.6. The molecule has 2 rings (SSSR count). The molecule has 0 aromatic heterocycles. The van der Waals surface area contributed by atoms with Crippen molar-refractivity contribution in [2.24, 2.45) is 0 Å². The van der Waals surface area contributed by atoms with Crippen LogP contribution in [-0.2, 0) is 16.1 Å². The number of hydrogen-bond donors (Lipinski definition) is 1. The van der Waals surface area contributed by atoms with Gasteiger partial charge in [0.2, 0.25) is 0 Å². The Kier molecular flexibility index (Phi) is 8.29. The Morgan fingerprint density at radius 3 is 2.19 bits per heavy atom. The molecule has 26 heavy (non-hydrogen) atoms. The Morgan fingerprint density at radius 1 is 1.04 bits per heavy atom. The molecule has 0 aliphatic rings. The van der Waals surface area contributed by atoms with Crippen LogP contribution in [0.15, 0.2) is 48.5 Å². The van der Waals surface area contributed by atoms with Crippen LogP contribution in [0.3, 0.4) is 0 Å². The van der Waals surface area contributed by atoms with Crippen LogP contribution in [0.4, 0.5) is 0 Å². The molecule has 0 saturated carbocycles. The summed E-state index contributed by atoms with van der Waals surface area (Å²) >= 11 is 13.3. The van der Waals surface area contributed by atoms with E-state index in [2.05, 4.69) is 5.32 Å². The number of nitrogens with one attached hydrogen (secondary N) is 1. The second kappa shape index (κ2) is 10.5. The highest BCUT2D eigenvalue weighted by Gasteiger charge is 2.22. The van der Waals surface area contributed by atoms with E-state index in [4.69, 9.17) is 27.9 Å². The third-order valence-electron chi connectivity index (χ3n) is 3.60. The maximum absolute atomic E-state index is 12.4. The van der Waals surface area contributed by atoms with Gasteiger partial charge in [0.15, 0.2) is 0 Å². The number of thioether (sulfide) groups is 1. The summed E-state index contributed by atoms with van der Waals surface area (Å²) in [6.45, 7) is 0.128. The molecule has 0 heterocycles. The zero-order valence-electron chi connectivity index (χ0n) is 14.2. The van der Waals surface area contributed by atoms with Crippen molar-refractivity contribution in [3.63, 3.8) is 0 Å². The van der Waals surface area contributed by atoms with Crippen LogP contribution in [0.1, 0.15) is 22.3 Å². The Labute approximate surface area is 167 Å². The van der Waals surface area contributed by atoms with E-state index in [-0.39, 0.29) is 12.5 Å². The molecule has 0 fully saturated rings. The first-order valence-electron chi connectivity index (χ1n) is 7.96. The number of carbonyl (C=O) groups excluding carboxylic acids is 2. The minimum atomic E-state index is -0.710. The van der Waals surface area contributed by atoms with Gasteiger partial charge in [-0.1, -0.05) is 35.3 Å². The van der Waals surface area contributed by atoms with Gasteiger partial charge in [-0.25, -0.2) is 4.79 Å². The van der Waals surface area contributed by atoms with Crippen LogP contribution >= 0.6 is 35.0 Å². The molecule has 1 atom stereocenters. The molecule has 0 radical (unpaired) electrons. The van der Waals surface area contributed by atoms with Gasteiger partial charge < -0.3 is 10.1 Å². The van der Waals surface area contributed by atoms with Crippen molar-refractivity contribution in [3.05, 3.63) is 69.7 Å². The third-order valence-corrected chi connectivity index (χ3v) is 4.75. The van der Waals surface area contributed by atoms with E-state index in [0.717, 1.165) is 11.3 Å². The van der Waals surface area contributed by atoms with Gasteiger partial charge in [0.25, 0.3) is 5.91 Å². The lowest BCUT2D eigenvalue weighted by Gasteiger charge is -2.17. The number of rotatable bonds is 8. The smallest absolute Gasteiger partial charge is 0.329 e. The highest BCUT2D eigenvalue weighted by atomic mass is 35.5. The fourth-order valence-electron chi connectivity index (χ4n) is 2.16. The van der Waals surface area contributed by atoms with Gasteiger partial charge in [-0.15, -0.1) is 0 Å². The van der Waals surface area contributed by atoms with E-state index < -0.39 is 12.0 Å². The molecule has 7 heteroatoms. The van der Waals surface area contributed by atoms with Gasteiger partial charge in [0.1, 0.15) is 12.6 Å². The van der Waals surface area contributed by atoms with Gasteiger partial charge in [0.05, 0.1) is 0 Å². The van der Waals surface area contributed by atoms with Crippen LogP contribution in [0.25, 0.3) is 0 Å². The van der Waals surface area contributed by atoms with E-state index in [1.165, 1.54) is 0 Å². The van der Waals surface area contributed by atoms with E-state index in [0.29, 0.717) is 22.0 Å². The summed E-state index contributed by atoms with van der Waals surface area (Å²) < 4.78 is 5.36. The number of halogens is 2. The SMILES string of the molecule is CSCC[C@@H](NC(=O)c1ccc(Cl)cc1)C(=O)OCc1ccc(Cl)cc1. The highest BCUT2D eigenvalue weighted by Crippen LogP contribution is 2.13. The molecule has 0 aliphatic carbocycles. The number of benzene rings is 2. The van der Waals surface area contributed by atoms with Gasteiger partial charge in [-0.2, -0.15) is 11.8 Å². The predicted molar refractivity (Wildman–Crippen MR) is 107 cm³/mol. The zero-order chi connectivity index (χ0) is 18.9. The van der Waals surface area contributed by atoms with Crippen LogP contribution in [0.2, 0.25) is 10.0 Å². The molecule has 0 bridgehead atoms. The maximum Gasteiger partial charge on any atom is 0.329 e. The van der Waals surface area contributed by atoms with Gasteiger partial charge >= 0.3 is 5.97 Å². The quantitative estimate of drug-likeness (QED) is 0.645. The summed E-state index contributed by atoms with van der Waals surface area (Å²) in [4.78, 5) is 24.8. The predicted octanol–water partition coefficient (Wildman–Crippen LogP) is 4.59. The Morgan fingerprint density at radius 2 is 1.62 bits per heavy atom. The molecule has 1 amide bonds. The number of esters is 1.